The van der Waals surface area contributed by atoms with Crippen LogP contribution >= 0.6 is 0 Å². The zero-order chi connectivity index (χ0) is 20.1. The first-order valence-corrected chi connectivity index (χ1v) is 9.60. The highest BCUT2D eigenvalue weighted by Gasteiger charge is 2.32. The Kier molecular flexibility index (Phi) is 6.42. The largest absolute Gasteiger partial charge is 0.462 e. The average Bonchev–Trinajstić information content (AvgIpc) is 2.67. The Hall–Kier alpha value is -2.72. The molecule has 7 heteroatoms. The van der Waals surface area contributed by atoms with Crippen molar-refractivity contribution in [3.05, 3.63) is 30.0 Å². The molecule has 1 aliphatic rings. The number of carbonyl (C=O) groups is 1. The first kappa shape index (κ1) is 20.0. The van der Waals surface area contributed by atoms with Crippen molar-refractivity contribution in [3.8, 4) is 6.07 Å². The van der Waals surface area contributed by atoms with Gasteiger partial charge in [-0.1, -0.05) is 26.0 Å². The van der Waals surface area contributed by atoms with Crippen molar-refractivity contribution in [2.24, 2.45) is 11.8 Å². The Morgan fingerprint density at radius 1 is 1.21 bits per heavy atom. The topological polar surface area (TPSA) is 88.3 Å². The van der Waals surface area contributed by atoms with Crippen LogP contribution in [0, 0.1) is 23.2 Å². The fourth-order valence-electron chi connectivity index (χ4n) is 3.80. The Morgan fingerprint density at radius 2 is 1.86 bits per heavy atom. The Morgan fingerprint density at radius 3 is 2.46 bits per heavy atom. The second kappa shape index (κ2) is 8.98. The van der Waals surface area contributed by atoms with Gasteiger partial charge in [0.25, 0.3) is 0 Å². The molecule has 0 radical (unpaired) electrons. The number of hydrogen-bond acceptors (Lipinski definition) is 7. The third kappa shape index (κ3) is 4.39. The van der Waals surface area contributed by atoms with Crippen LogP contribution < -0.4 is 4.90 Å². The molecule has 1 aromatic heterocycles. The van der Waals surface area contributed by atoms with E-state index in [1.165, 1.54) is 7.11 Å². The first-order valence-electron chi connectivity index (χ1n) is 9.60. The van der Waals surface area contributed by atoms with Gasteiger partial charge in [-0.2, -0.15) is 5.26 Å². The molecule has 2 heterocycles. The van der Waals surface area contributed by atoms with Crippen LogP contribution in [0.5, 0.6) is 0 Å². The van der Waals surface area contributed by atoms with E-state index in [9.17, 15) is 10.1 Å². The molecular formula is C21H26N4O3. The summed E-state index contributed by atoms with van der Waals surface area (Å²) in [5, 5.41) is 9.74. The SMILES string of the molecule is COCCOC(=O)[C@H](C#N)c1nc2ccccc2nc1N1C[C@H](C)C[C@@H](C)C1. The third-order valence-electron chi connectivity index (χ3n) is 4.92. The van der Waals surface area contributed by atoms with E-state index in [0.717, 1.165) is 25.0 Å². The molecule has 2 aromatic rings. The lowest BCUT2D eigenvalue weighted by molar-refractivity contribution is -0.145. The molecule has 1 fully saturated rings. The number of benzene rings is 1. The summed E-state index contributed by atoms with van der Waals surface area (Å²) in [5.74, 6) is -0.148. The van der Waals surface area contributed by atoms with Gasteiger partial charge in [0.15, 0.2) is 11.7 Å². The quantitative estimate of drug-likeness (QED) is 0.560. The van der Waals surface area contributed by atoms with E-state index < -0.39 is 11.9 Å². The number of methoxy groups -OCH3 is 1. The number of anilines is 1. The first-order chi connectivity index (χ1) is 13.5. The molecule has 0 bridgehead atoms. The summed E-state index contributed by atoms with van der Waals surface area (Å²) < 4.78 is 10.1. The molecule has 28 heavy (non-hydrogen) atoms. The van der Waals surface area contributed by atoms with Crippen molar-refractivity contribution in [2.45, 2.75) is 26.2 Å². The maximum absolute atomic E-state index is 12.6. The Bertz CT molecular complexity index is 870. The number of piperidine rings is 1. The average molecular weight is 382 g/mol. The van der Waals surface area contributed by atoms with Crippen molar-refractivity contribution >= 4 is 22.8 Å². The number of para-hydroxylation sites is 2. The van der Waals surface area contributed by atoms with Gasteiger partial charge >= 0.3 is 5.97 Å². The van der Waals surface area contributed by atoms with Crippen LogP contribution in [0.1, 0.15) is 31.9 Å². The standard InChI is InChI=1S/C21H26N4O3/c1-14-10-15(2)13-25(12-14)20-19(16(11-22)21(26)28-9-8-27-3)23-17-6-4-5-7-18(17)24-20/h4-7,14-16H,8-10,12-13H2,1-3H3/t14-,15-,16-/m1/s1. The zero-order valence-corrected chi connectivity index (χ0v) is 16.6. The molecule has 1 aromatic carbocycles. The van der Waals surface area contributed by atoms with Crippen molar-refractivity contribution in [3.63, 3.8) is 0 Å². The molecule has 0 spiro atoms. The van der Waals surface area contributed by atoms with Crippen molar-refractivity contribution in [1.29, 1.82) is 5.26 Å². The number of esters is 1. The van der Waals surface area contributed by atoms with Gasteiger partial charge in [0, 0.05) is 20.2 Å². The van der Waals surface area contributed by atoms with E-state index in [2.05, 4.69) is 29.8 Å². The maximum Gasteiger partial charge on any atom is 0.329 e. The second-order valence-electron chi connectivity index (χ2n) is 7.49. The van der Waals surface area contributed by atoms with E-state index in [1.807, 2.05) is 24.3 Å². The lowest BCUT2D eigenvalue weighted by Gasteiger charge is -2.36. The van der Waals surface area contributed by atoms with Crippen molar-refractivity contribution in [2.75, 3.05) is 38.3 Å². The van der Waals surface area contributed by atoms with Gasteiger partial charge in [0.1, 0.15) is 12.3 Å². The normalized spacial score (nSPS) is 20.6. The molecule has 0 N–H and O–H groups in total. The Balaban J connectivity index is 2.03. The summed E-state index contributed by atoms with van der Waals surface area (Å²) in [7, 11) is 1.53. The summed E-state index contributed by atoms with van der Waals surface area (Å²) in [6, 6.07) is 9.57. The molecule has 3 rings (SSSR count). The van der Waals surface area contributed by atoms with E-state index in [0.29, 0.717) is 28.9 Å². The fraction of sp³-hybridized carbons (Fsp3) is 0.524. The van der Waals surface area contributed by atoms with E-state index in [4.69, 9.17) is 14.5 Å². The molecule has 1 saturated heterocycles. The highest BCUT2D eigenvalue weighted by Crippen LogP contribution is 2.32. The molecule has 0 aliphatic carbocycles. The molecule has 3 atom stereocenters. The number of carbonyl (C=O) groups excluding carboxylic acids is 1. The number of ether oxygens (including phenoxy) is 2. The summed E-state index contributed by atoms with van der Waals surface area (Å²) in [4.78, 5) is 24.2. The molecule has 0 saturated carbocycles. The van der Waals surface area contributed by atoms with Crippen LogP contribution in [0.4, 0.5) is 5.82 Å². The molecule has 1 aliphatic heterocycles. The predicted molar refractivity (Wildman–Crippen MR) is 106 cm³/mol. The number of nitrogens with zero attached hydrogens (tertiary/aromatic N) is 4. The van der Waals surface area contributed by atoms with E-state index in [-0.39, 0.29) is 13.2 Å². The number of fused-ring (bicyclic) bond motifs is 1. The maximum atomic E-state index is 12.6. The molecule has 148 valence electrons. The lowest BCUT2D eigenvalue weighted by Crippen LogP contribution is -2.40. The van der Waals surface area contributed by atoms with Gasteiger partial charge in [-0.25, -0.2) is 9.97 Å². The zero-order valence-electron chi connectivity index (χ0n) is 16.6. The van der Waals surface area contributed by atoms with Crippen LogP contribution in [0.25, 0.3) is 11.0 Å². The van der Waals surface area contributed by atoms with Crippen LogP contribution in [0.2, 0.25) is 0 Å². The highest BCUT2D eigenvalue weighted by atomic mass is 16.6. The summed E-state index contributed by atoms with van der Waals surface area (Å²) in [6.07, 6.45) is 1.15. The minimum atomic E-state index is -1.13. The van der Waals surface area contributed by atoms with Gasteiger partial charge in [-0.05, 0) is 30.4 Å². The van der Waals surface area contributed by atoms with Gasteiger partial charge in [-0.3, -0.25) is 4.79 Å². The van der Waals surface area contributed by atoms with Crippen LogP contribution in [-0.4, -0.2) is 49.4 Å². The molecule has 0 amide bonds. The van der Waals surface area contributed by atoms with Crippen molar-refractivity contribution in [1.82, 2.24) is 9.97 Å². The van der Waals surface area contributed by atoms with E-state index in [1.54, 1.807) is 0 Å². The fourth-order valence-corrected chi connectivity index (χ4v) is 3.80. The van der Waals surface area contributed by atoms with Gasteiger partial charge in [-0.15, -0.1) is 0 Å². The van der Waals surface area contributed by atoms with Gasteiger partial charge in [0.05, 0.1) is 23.7 Å². The van der Waals surface area contributed by atoms with Gasteiger partial charge < -0.3 is 14.4 Å². The molecular weight excluding hydrogens is 356 g/mol. The second-order valence-corrected chi connectivity index (χ2v) is 7.49. The minimum absolute atomic E-state index is 0.0988. The van der Waals surface area contributed by atoms with Crippen LogP contribution in [0.3, 0.4) is 0 Å². The van der Waals surface area contributed by atoms with E-state index >= 15 is 0 Å². The number of nitriles is 1. The van der Waals surface area contributed by atoms with Crippen molar-refractivity contribution < 1.29 is 14.3 Å². The predicted octanol–water partition coefficient (Wildman–Crippen LogP) is 2.91. The van der Waals surface area contributed by atoms with Crippen LogP contribution in [0.15, 0.2) is 24.3 Å². The summed E-state index contributed by atoms with van der Waals surface area (Å²) in [5.41, 5.74) is 1.77. The minimum Gasteiger partial charge on any atom is -0.462 e. The highest BCUT2D eigenvalue weighted by molar-refractivity contribution is 5.85. The smallest absolute Gasteiger partial charge is 0.329 e. The number of rotatable bonds is 6. The summed E-state index contributed by atoms with van der Waals surface area (Å²) in [6.45, 7) is 6.43. The lowest BCUT2D eigenvalue weighted by atomic mass is 9.91. The third-order valence-corrected chi connectivity index (χ3v) is 4.92. The summed E-state index contributed by atoms with van der Waals surface area (Å²) >= 11 is 0. The monoisotopic (exact) mass is 382 g/mol. The molecule has 7 nitrogen and oxygen atoms in total. The number of hydrogen-bond donors (Lipinski definition) is 0. The Labute approximate surface area is 165 Å². The van der Waals surface area contributed by atoms with Gasteiger partial charge in [0.2, 0.25) is 0 Å². The number of aromatic nitrogens is 2. The molecule has 0 unspecified atom stereocenters. The van der Waals surface area contributed by atoms with Crippen LogP contribution in [-0.2, 0) is 14.3 Å².